The van der Waals surface area contributed by atoms with Crippen molar-refractivity contribution in [3.8, 4) is 0 Å². The van der Waals surface area contributed by atoms with Gasteiger partial charge >= 0.3 is 0 Å². The van der Waals surface area contributed by atoms with E-state index in [0.29, 0.717) is 6.54 Å². The van der Waals surface area contributed by atoms with Crippen LogP contribution in [0.25, 0.3) is 0 Å². The minimum atomic E-state index is -0.357. The predicted molar refractivity (Wildman–Crippen MR) is 96.9 cm³/mol. The Bertz CT molecular complexity index is 558. The number of hydrogen-bond donors (Lipinski definition) is 1. The fourth-order valence-corrected chi connectivity index (χ4v) is 3.82. The van der Waals surface area contributed by atoms with E-state index in [0.717, 1.165) is 25.7 Å². The highest BCUT2D eigenvalue weighted by molar-refractivity contribution is 6.05. The zero-order valence-electron chi connectivity index (χ0n) is 16.3. The molecule has 1 heterocycles. The number of nitrogens with zero attached hydrogens (tertiary/aromatic N) is 2. The molecule has 1 saturated heterocycles. The van der Waals surface area contributed by atoms with E-state index in [1.807, 2.05) is 27.7 Å². The van der Waals surface area contributed by atoms with Crippen molar-refractivity contribution >= 4 is 23.6 Å². The van der Waals surface area contributed by atoms with Gasteiger partial charge < -0.3 is 10.2 Å². The molecule has 7 heteroatoms. The summed E-state index contributed by atoms with van der Waals surface area (Å²) >= 11 is 0. The third-order valence-corrected chi connectivity index (χ3v) is 5.07. The van der Waals surface area contributed by atoms with E-state index in [1.54, 1.807) is 0 Å². The number of carbonyl (C=O) groups is 4. The minimum Gasteiger partial charge on any atom is -0.350 e. The van der Waals surface area contributed by atoms with E-state index >= 15 is 0 Å². The number of hydrogen-bond acceptors (Lipinski definition) is 4. The normalized spacial score (nSPS) is 23.0. The summed E-state index contributed by atoms with van der Waals surface area (Å²) in [5.74, 6) is -1.06. The summed E-state index contributed by atoms with van der Waals surface area (Å²) in [6, 6.07) is 0. The molecule has 1 aliphatic carbocycles. The predicted octanol–water partition coefficient (Wildman–Crippen LogP) is 1.31. The highest BCUT2D eigenvalue weighted by Gasteiger charge is 2.47. The zero-order chi connectivity index (χ0) is 19.5. The molecule has 1 aliphatic heterocycles. The van der Waals surface area contributed by atoms with Crippen molar-refractivity contribution in [2.45, 2.75) is 65.3 Å². The molecule has 1 N–H and O–H groups in total. The molecule has 2 rings (SSSR count). The molecule has 0 unspecified atom stereocenters. The highest BCUT2D eigenvalue weighted by atomic mass is 16.2. The number of likely N-dealkylation sites (tertiary alicyclic amines) is 1. The Morgan fingerprint density at radius 2 is 1.65 bits per heavy atom. The first kappa shape index (κ1) is 20.4. The topological polar surface area (TPSA) is 86.8 Å². The number of imide groups is 1. The second kappa shape index (κ2) is 8.18. The lowest BCUT2D eigenvalue weighted by Gasteiger charge is -2.25. The van der Waals surface area contributed by atoms with Crippen LogP contribution in [-0.4, -0.2) is 58.6 Å². The standard InChI is InChI=1S/C19H31N3O4/c1-5-21(12-15(23)20-19(2,3)4)16(24)10-11-22-17(25)13-8-6-7-9-14(13)18(22)26/h13-14H,5-12H2,1-4H3,(H,20,23)/t13-,14-/m1/s1. The van der Waals surface area contributed by atoms with E-state index in [-0.39, 0.29) is 60.5 Å². The van der Waals surface area contributed by atoms with Crippen LogP contribution < -0.4 is 5.32 Å². The van der Waals surface area contributed by atoms with Gasteiger partial charge in [-0.2, -0.15) is 0 Å². The summed E-state index contributed by atoms with van der Waals surface area (Å²) in [6.07, 6.45) is 3.58. The monoisotopic (exact) mass is 365 g/mol. The molecule has 2 aliphatic rings. The van der Waals surface area contributed by atoms with Gasteiger partial charge in [0.2, 0.25) is 23.6 Å². The van der Waals surface area contributed by atoms with Gasteiger partial charge in [-0.1, -0.05) is 12.8 Å². The molecular weight excluding hydrogens is 334 g/mol. The maximum atomic E-state index is 12.5. The number of amides is 4. The highest BCUT2D eigenvalue weighted by Crippen LogP contribution is 2.37. The molecule has 146 valence electrons. The van der Waals surface area contributed by atoms with Crippen molar-refractivity contribution in [2.24, 2.45) is 11.8 Å². The van der Waals surface area contributed by atoms with Gasteiger partial charge in [0.1, 0.15) is 0 Å². The second-order valence-electron chi connectivity index (χ2n) is 8.28. The fraction of sp³-hybridized carbons (Fsp3) is 0.789. The van der Waals surface area contributed by atoms with Crippen LogP contribution in [0.1, 0.15) is 59.8 Å². The number of fused-ring (bicyclic) bond motifs is 1. The van der Waals surface area contributed by atoms with Gasteiger partial charge in [-0.05, 0) is 40.5 Å². The summed E-state index contributed by atoms with van der Waals surface area (Å²) in [5.41, 5.74) is -0.357. The fourth-order valence-electron chi connectivity index (χ4n) is 3.82. The van der Waals surface area contributed by atoms with E-state index in [2.05, 4.69) is 5.32 Å². The van der Waals surface area contributed by atoms with Gasteiger partial charge in [0.25, 0.3) is 0 Å². The molecule has 4 amide bonds. The van der Waals surface area contributed by atoms with Gasteiger partial charge in [0.05, 0.1) is 18.4 Å². The lowest BCUT2D eigenvalue weighted by molar-refractivity contribution is -0.142. The van der Waals surface area contributed by atoms with E-state index in [4.69, 9.17) is 0 Å². The van der Waals surface area contributed by atoms with E-state index < -0.39 is 0 Å². The van der Waals surface area contributed by atoms with Crippen LogP contribution in [-0.2, 0) is 19.2 Å². The van der Waals surface area contributed by atoms with E-state index in [1.165, 1.54) is 9.80 Å². The average molecular weight is 365 g/mol. The molecule has 0 aromatic carbocycles. The van der Waals surface area contributed by atoms with E-state index in [9.17, 15) is 19.2 Å². The number of rotatable bonds is 6. The summed E-state index contributed by atoms with van der Waals surface area (Å²) in [6.45, 7) is 7.96. The summed E-state index contributed by atoms with van der Waals surface area (Å²) < 4.78 is 0. The van der Waals surface area contributed by atoms with Gasteiger partial charge in [-0.3, -0.25) is 24.1 Å². The second-order valence-corrected chi connectivity index (χ2v) is 8.28. The number of carbonyl (C=O) groups excluding carboxylic acids is 4. The molecule has 0 radical (unpaired) electrons. The molecule has 0 bridgehead atoms. The summed E-state index contributed by atoms with van der Waals surface area (Å²) in [4.78, 5) is 52.1. The van der Waals surface area contributed by atoms with Crippen LogP contribution in [0.5, 0.6) is 0 Å². The molecular formula is C19H31N3O4. The summed E-state index contributed by atoms with van der Waals surface area (Å²) in [7, 11) is 0. The molecule has 2 fully saturated rings. The third-order valence-electron chi connectivity index (χ3n) is 5.07. The molecule has 0 spiro atoms. The first-order valence-corrected chi connectivity index (χ1v) is 9.58. The molecule has 0 aromatic heterocycles. The molecule has 1 saturated carbocycles. The van der Waals surface area contributed by atoms with Gasteiger partial charge in [0.15, 0.2) is 0 Å². The van der Waals surface area contributed by atoms with Crippen molar-refractivity contribution in [1.29, 1.82) is 0 Å². The average Bonchev–Trinajstić information content (AvgIpc) is 2.80. The van der Waals surface area contributed by atoms with Crippen molar-refractivity contribution in [2.75, 3.05) is 19.6 Å². The molecule has 26 heavy (non-hydrogen) atoms. The SMILES string of the molecule is CCN(CC(=O)NC(C)(C)C)C(=O)CCN1C(=O)[C@@H]2CCCC[C@H]2C1=O. The summed E-state index contributed by atoms with van der Waals surface area (Å²) in [5, 5.41) is 2.83. The maximum absolute atomic E-state index is 12.5. The Hall–Kier alpha value is -1.92. The lowest BCUT2D eigenvalue weighted by atomic mass is 9.81. The van der Waals surface area contributed by atoms with Crippen LogP contribution in [0.15, 0.2) is 0 Å². The Balaban J connectivity index is 1.89. The van der Waals surface area contributed by atoms with Crippen LogP contribution in [0.2, 0.25) is 0 Å². The minimum absolute atomic E-state index is 0.0141. The maximum Gasteiger partial charge on any atom is 0.240 e. The van der Waals surface area contributed by atoms with Crippen molar-refractivity contribution in [1.82, 2.24) is 15.1 Å². The Morgan fingerprint density at radius 3 is 2.12 bits per heavy atom. The van der Waals surface area contributed by atoms with Gasteiger partial charge in [-0.25, -0.2) is 0 Å². The first-order chi connectivity index (χ1) is 12.1. The van der Waals surface area contributed by atoms with Crippen LogP contribution in [0, 0.1) is 11.8 Å². The van der Waals surface area contributed by atoms with Crippen LogP contribution in [0.3, 0.4) is 0 Å². The number of likely N-dealkylation sites (N-methyl/N-ethyl adjacent to an activating group) is 1. The van der Waals surface area contributed by atoms with Crippen LogP contribution >= 0.6 is 0 Å². The lowest BCUT2D eigenvalue weighted by Crippen LogP contribution is -2.47. The number of nitrogens with one attached hydrogen (secondary N) is 1. The van der Waals surface area contributed by atoms with Gasteiger partial charge in [0, 0.05) is 25.0 Å². The largest absolute Gasteiger partial charge is 0.350 e. The van der Waals surface area contributed by atoms with Crippen LogP contribution in [0.4, 0.5) is 0 Å². The molecule has 2 atom stereocenters. The zero-order valence-corrected chi connectivity index (χ0v) is 16.3. The quantitative estimate of drug-likeness (QED) is 0.719. The van der Waals surface area contributed by atoms with Crippen molar-refractivity contribution < 1.29 is 19.2 Å². The van der Waals surface area contributed by atoms with Crippen molar-refractivity contribution in [3.63, 3.8) is 0 Å². The van der Waals surface area contributed by atoms with Gasteiger partial charge in [-0.15, -0.1) is 0 Å². The Morgan fingerprint density at radius 1 is 1.12 bits per heavy atom. The molecule has 7 nitrogen and oxygen atoms in total. The Labute approximate surface area is 155 Å². The third kappa shape index (κ3) is 4.83. The Kier molecular flexibility index (Phi) is 6.42. The smallest absolute Gasteiger partial charge is 0.240 e. The first-order valence-electron chi connectivity index (χ1n) is 9.58. The molecule has 0 aromatic rings. The van der Waals surface area contributed by atoms with Crippen molar-refractivity contribution in [3.05, 3.63) is 0 Å².